The van der Waals surface area contributed by atoms with Gasteiger partial charge in [0, 0.05) is 28.9 Å². The Morgan fingerprint density at radius 2 is 2.00 bits per heavy atom. The maximum atomic E-state index is 12.0. The Balaban J connectivity index is 1.67. The zero-order chi connectivity index (χ0) is 14.5. The number of hydrogen-bond donors (Lipinski definition) is 0. The fraction of sp³-hybridized carbons (Fsp3) is 0.0625. The first-order valence-electron chi connectivity index (χ1n) is 6.40. The number of ether oxygens (including phenoxy) is 1. The van der Waals surface area contributed by atoms with Crippen LogP contribution < -0.4 is 0 Å². The van der Waals surface area contributed by atoms with Crippen molar-refractivity contribution in [2.24, 2.45) is 0 Å². The monoisotopic (exact) mass is 296 g/mol. The van der Waals surface area contributed by atoms with Crippen molar-refractivity contribution in [3.63, 3.8) is 0 Å². The van der Waals surface area contributed by atoms with E-state index in [0.29, 0.717) is 5.69 Å². The molecule has 0 saturated carbocycles. The highest BCUT2D eigenvalue weighted by Crippen LogP contribution is 2.23. The molecule has 0 aliphatic carbocycles. The smallest absolute Gasteiger partial charge is 0.358 e. The van der Waals surface area contributed by atoms with Gasteiger partial charge in [-0.25, -0.2) is 9.78 Å². The van der Waals surface area contributed by atoms with Gasteiger partial charge in [-0.2, -0.15) is 0 Å². The lowest BCUT2D eigenvalue weighted by Gasteiger charge is -2.02. The summed E-state index contributed by atoms with van der Waals surface area (Å²) in [6.07, 6.45) is 3.35. The lowest BCUT2D eigenvalue weighted by atomic mass is 10.2. The summed E-state index contributed by atoms with van der Waals surface area (Å²) in [5.41, 5.74) is 2.18. The van der Waals surface area contributed by atoms with Crippen LogP contribution >= 0.6 is 11.3 Å². The Morgan fingerprint density at radius 3 is 2.76 bits per heavy atom. The third kappa shape index (κ3) is 3.32. The molecule has 0 aliphatic rings. The van der Waals surface area contributed by atoms with Crippen molar-refractivity contribution in [1.29, 1.82) is 0 Å². The summed E-state index contributed by atoms with van der Waals surface area (Å²) in [6.45, 7) is 0.199. The highest BCUT2D eigenvalue weighted by molar-refractivity contribution is 7.13. The molecule has 0 spiro atoms. The van der Waals surface area contributed by atoms with E-state index in [1.165, 1.54) is 11.3 Å². The van der Waals surface area contributed by atoms with Crippen LogP contribution in [0.2, 0.25) is 0 Å². The van der Waals surface area contributed by atoms with E-state index in [0.717, 1.165) is 16.1 Å². The molecule has 2 aromatic heterocycles. The van der Waals surface area contributed by atoms with Crippen molar-refractivity contribution in [3.8, 4) is 10.6 Å². The lowest BCUT2D eigenvalue weighted by molar-refractivity contribution is 0.0466. The number of thiazole rings is 1. The molecule has 0 atom stereocenters. The lowest BCUT2D eigenvalue weighted by Crippen LogP contribution is -2.05. The van der Waals surface area contributed by atoms with Crippen LogP contribution in [-0.4, -0.2) is 15.9 Å². The van der Waals surface area contributed by atoms with E-state index in [1.807, 2.05) is 36.4 Å². The quantitative estimate of drug-likeness (QED) is 0.691. The highest BCUT2D eigenvalue weighted by Gasteiger charge is 2.13. The Morgan fingerprint density at radius 1 is 1.14 bits per heavy atom. The maximum Gasteiger partial charge on any atom is 0.358 e. The van der Waals surface area contributed by atoms with Gasteiger partial charge in [0.1, 0.15) is 11.6 Å². The summed E-state index contributed by atoms with van der Waals surface area (Å²) < 4.78 is 5.23. The zero-order valence-corrected chi connectivity index (χ0v) is 11.9. The second-order valence-corrected chi connectivity index (χ2v) is 5.20. The molecule has 0 fully saturated rings. The highest BCUT2D eigenvalue weighted by atomic mass is 32.1. The predicted octanol–water partition coefficient (Wildman–Crippen LogP) is 3.56. The molecule has 0 saturated heterocycles. The fourth-order valence-corrected chi connectivity index (χ4v) is 2.58. The van der Waals surface area contributed by atoms with Crippen LogP contribution in [0.1, 0.15) is 16.1 Å². The van der Waals surface area contributed by atoms with Gasteiger partial charge in [-0.1, -0.05) is 36.4 Å². The number of carbonyl (C=O) groups is 1. The van der Waals surface area contributed by atoms with Crippen LogP contribution in [0.4, 0.5) is 0 Å². The molecule has 3 rings (SSSR count). The predicted molar refractivity (Wildman–Crippen MR) is 80.9 cm³/mol. The van der Waals surface area contributed by atoms with E-state index in [-0.39, 0.29) is 6.61 Å². The maximum absolute atomic E-state index is 12.0. The van der Waals surface area contributed by atoms with Gasteiger partial charge in [0.25, 0.3) is 0 Å². The minimum Gasteiger partial charge on any atom is -0.456 e. The van der Waals surface area contributed by atoms with E-state index < -0.39 is 5.97 Å². The summed E-state index contributed by atoms with van der Waals surface area (Å²) in [5, 5.41) is 2.53. The summed E-state index contributed by atoms with van der Waals surface area (Å²) in [6, 6.07) is 13.4. The van der Waals surface area contributed by atoms with Crippen LogP contribution in [0.5, 0.6) is 0 Å². The normalized spacial score (nSPS) is 10.3. The number of nitrogens with zero attached hydrogens (tertiary/aromatic N) is 2. The number of aromatic nitrogens is 2. The number of esters is 1. The van der Waals surface area contributed by atoms with E-state index in [9.17, 15) is 4.79 Å². The van der Waals surface area contributed by atoms with Gasteiger partial charge in [0.2, 0.25) is 0 Å². The molecular formula is C16H12N2O2S. The minimum absolute atomic E-state index is 0.199. The van der Waals surface area contributed by atoms with Crippen LogP contribution in [0, 0.1) is 0 Å². The number of rotatable bonds is 4. The molecule has 0 unspecified atom stereocenters. The molecule has 3 aromatic rings. The number of carbonyl (C=O) groups excluding carboxylic acids is 1. The second kappa shape index (κ2) is 6.28. The molecule has 0 bridgehead atoms. The summed E-state index contributed by atoms with van der Waals surface area (Å²) in [7, 11) is 0. The molecule has 21 heavy (non-hydrogen) atoms. The number of benzene rings is 1. The zero-order valence-electron chi connectivity index (χ0n) is 11.1. The standard InChI is InChI=1S/C16H12N2O2S/c19-16(20-10-12-5-4-8-17-9-12)14-11-21-15(18-14)13-6-2-1-3-7-13/h1-9,11H,10H2. The van der Waals surface area contributed by atoms with Gasteiger partial charge >= 0.3 is 5.97 Å². The molecule has 1 aromatic carbocycles. The van der Waals surface area contributed by atoms with Crippen molar-refractivity contribution < 1.29 is 9.53 Å². The topological polar surface area (TPSA) is 52.1 Å². The van der Waals surface area contributed by atoms with Crippen LogP contribution in [0.3, 0.4) is 0 Å². The number of hydrogen-bond acceptors (Lipinski definition) is 5. The van der Waals surface area contributed by atoms with E-state index >= 15 is 0 Å². The van der Waals surface area contributed by atoms with Crippen LogP contribution in [0.15, 0.2) is 60.2 Å². The summed E-state index contributed by atoms with van der Waals surface area (Å²) in [4.78, 5) is 20.3. The molecule has 4 nitrogen and oxygen atoms in total. The van der Waals surface area contributed by atoms with Gasteiger partial charge in [0.15, 0.2) is 5.69 Å². The molecule has 0 aliphatic heterocycles. The van der Waals surface area contributed by atoms with Crippen LogP contribution in [0.25, 0.3) is 10.6 Å². The Kier molecular flexibility index (Phi) is 4.02. The van der Waals surface area contributed by atoms with Gasteiger partial charge in [-0.3, -0.25) is 4.98 Å². The van der Waals surface area contributed by atoms with Crippen molar-refractivity contribution in [2.75, 3.05) is 0 Å². The van der Waals surface area contributed by atoms with Crippen molar-refractivity contribution in [1.82, 2.24) is 9.97 Å². The molecule has 104 valence electrons. The molecule has 0 amide bonds. The van der Waals surface area contributed by atoms with Crippen molar-refractivity contribution in [3.05, 3.63) is 71.5 Å². The molecule has 5 heteroatoms. The third-order valence-electron chi connectivity index (χ3n) is 2.83. The van der Waals surface area contributed by atoms with Gasteiger partial charge in [0.05, 0.1) is 0 Å². The molecule has 0 radical (unpaired) electrons. The van der Waals surface area contributed by atoms with Crippen molar-refractivity contribution in [2.45, 2.75) is 6.61 Å². The molecule has 2 heterocycles. The minimum atomic E-state index is -0.419. The van der Waals surface area contributed by atoms with E-state index in [1.54, 1.807) is 23.8 Å². The van der Waals surface area contributed by atoms with E-state index in [4.69, 9.17) is 4.74 Å². The third-order valence-corrected chi connectivity index (χ3v) is 3.72. The first-order valence-corrected chi connectivity index (χ1v) is 7.28. The Bertz CT molecular complexity index is 726. The van der Waals surface area contributed by atoms with E-state index in [2.05, 4.69) is 9.97 Å². The SMILES string of the molecule is O=C(OCc1cccnc1)c1csc(-c2ccccc2)n1. The molecular weight excluding hydrogens is 284 g/mol. The summed E-state index contributed by atoms with van der Waals surface area (Å²) >= 11 is 1.43. The van der Waals surface area contributed by atoms with Gasteiger partial charge in [-0.15, -0.1) is 11.3 Å². The van der Waals surface area contributed by atoms with Gasteiger partial charge < -0.3 is 4.74 Å². The number of pyridine rings is 1. The Labute approximate surface area is 126 Å². The summed E-state index contributed by atoms with van der Waals surface area (Å²) in [5.74, 6) is -0.419. The van der Waals surface area contributed by atoms with Crippen LogP contribution in [-0.2, 0) is 11.3 Å². The largest absolute Gasteiger partial charge is 0.456 e. The van der Waals surface area contributed by atoms with Crippen molar-refractivity contribution >= 4 is 17.3 Å². The first-order chi connectivity index (χ1) is 10.3. The Hall–Kier alpha value is -2.53. The fourth-order valence-electron chi connectivity index (χ4n) is 1.79. The average molecular weight is 296 g/mol. The molecule has 0 N–H and O–H groups in total. The average Bonchev–Trinajstić information content (AvgIpc) is 3.04. The second-order valence-electron chi connectivity index (χ2n) is 4.34. The first kappa shape index (κ1) is 13.5. The van der Waals surface area contributed by atoms with Gasteiger partial charge in [-0.05, 0) is 6.07 Å².